The Morgan fingerprint density at radius 1 is 1.19 bits per heavy atom. The maximum Gasteiger partial charge on any atom is 0.417 e. The van der Waals surface area contributed by atoms with E-state index in [4.69, 9.17) is 23.1 Å². The van der Waals surface area contributed by atoms with E-state index in [0.29, 0.717) is 21.9 Å². The largest absolute Gasteiger partial charge is 0.417 e. The van der Waals surface area contributed by atoms with Gasteiger partial charge in [0.25, 0.3) is 5.91 Å². The molecule has 0 aliphatic carbocycles. The van der Waals surface area contributed by atoms with Gasteiger partial charge in [-0.15, -0.1) is 0 Å². The molecule has 2 aromatic rings. The number of guanidine groups is 1. The molecule has 0 heterocycles. The lowest BCUT2D eigenvalue weighted by atomic mass is 10.0. The fourth-order valence-electron chi connectivity index (χ4n) is 2.24. The molecule has 0 bridgehead atoms. The van der Waals surface area contributed by atoms with Crippen molar-refractivity contribution in [2.24, 2.45) is 16.5 Å². The highest BCUT2D eigenvalue weighted by atomic mass is 35.5. The number of nitrogens with zero attached hydrogens (tertiary/aromatic N) is 1. The maximum absolute atomic E-state index is 13.6. The summed E-state index contributed by atoms with van der Waals surface area (Å²) in [6.45, 7) is 1.72. The summed E-state index contributed by atoms with van der Waals surface area (Å²) in [5.41, 5.74) is 9.59. The van der Waals surface area contributed by atoms with Gasteiger partial charge in [0.05, 0.1) is 10.6 Å². The summed E-state index contributed by atoms with van der Waals surface area (Å²) in [5.74, 6) is -1.43. The zero-order chi connectivity index (χ0) is 19.5. The van der Waals surface area contributed by atoms with E-state index >= 15 is 0 Å². The molecule has 138 valence electrons. The van der Waals surface area contributed by atoms with E-state index < -0.39 is 23.6 Å². The minimum atomic E-state index is -4.66. The predicted octanol–water partition coefficient (Wildman–Crippen LogP) is 4.49. The second-order valence-electron chi connectivity index (χ2n) is 5.23. The van der Waals surface area contributed by atoms with Crippen molar-refractivity contribution in [1.29, 1.82) is 0 Å². The highest BCUT2D eigenvalue weighted by Gasteiger charge is 2.35. The summed E-state index contributed by atoms with van der Waals surface area (Å²) in [6, 6.07) is 8.69. The van der Waals surface area contributed by atoms with Crippen LogP contribution in [0.1, 0.15) is 28.4 Å². The summed E-state index contributed by atoms with van der Waals surface area (Å²) in [7, 11) is 0. The number of nitrogens with two attached hydrogens (primary N) is 2. The van der Waals surface area contributed by atoms with Gasteiger partial charge < -0.3 is 11.5 Å². The number of hydrogen-bond donors (Lipinski definition) is 2. The number of carbonyl (C=O) groups excluding carboxylic acids is 1. The van der Waals surface area contributed by atoms with Gasteiger partial charge in [-0.1, -0.05) is 42.4 Å². The Balaban J connectivity index is 2.63. The fraction of sp³-hybridized carbons (Fsp3) is 0.176. The molecular formula is C17H15ClF3N3OS. The normalized spacial score (nSPS) is 11.3. The molecule has 0 fully saturated rings. The Morgan fingerprint density at radius 2 is 1.85 bits per heavy atom. The van der Waals surface area contributed by atoms with Gasteiger partial charge in [0, 0.05) is 15.4 Å². The number of carbonyl (C=O) groups is 1. The van der Waals surface area contributed by atoms with Gasteiger partial charge in [-0.05, 0) is 36.2 Å². The van der Waals surface area contributed by atoms with Gasteiger partial charge in [-0.3, -0.25) is 4.79 Å². The SMILES string of the molecule is CCc1cc(Sc2ccccc2Cl)c(C(F)(F)F)cc1C(=O)N=C(N)N. The van der Waals surface area contributed by atoms with E-state index in [1.165, 1.54) is 6.07 Å². The molecule has 0 aromatic heterocycles. The average molecular weight is 402 g/mol. The molecule has 0 unspecified atom stereocenters. The highest BCUT2D eigenvalue weighted by molar-refractivity contribution is 7.99. The minimum Gasteiger partial charge on any atom is -0.370 e. The first kappa shape index (κ1) is 20.1. The first-order valence-corrected chi connectivity index (χ1v) is 8.63. The summed E-state index contributed by atoms with van der Waals surface area (Å²) in [4.78, 5) is 15.9. The summed E-state index contributed by atoms with van der Waals surface area (Å²) < 4.78 is 40.7. The fourth-order valence-corrected chi connectivity index (χ4v) is 3.53. The first-order chi connectivity index (χ1) is 12.1. The van der Waals surface area contributed by atoms with Crippen molar-refractivity contribution in [1.82, 2.24) is 0 Å². The molecule has 0 spiro atoms. The van der Waals surface area contributed by atoms with E-state index in [0.717, 1.165) is 17.8 Å². The Hall–Kier alpha value is -2.19. The van der Waals surface area contributed by atoms with Crippen LogP contribution in [0.25, 0.3) is 0 Å². The molecule has 9 heteroatoms. The third-order valence-corrected chi connectivity index (χ3v) is 4.98. The van der Waals surface area contributed by atoms with E-state index in [1.54, 1.807) is 31.2 Å². The number of benzene rings is 2. The van der Waals surface area contributed by atoms with Crippen molar-refractivity contribution in [2.45, 2.75) is 29.3 Å². The van der Waals surface area contributed by atoms with Gasteiger partial charge in [-0.25, -0.2) is 0 Å². The second-order valence-corrected chi connectivity index (χ2v) is 6.72. The molecule has 0 saturated heterocycles. The summed E-state index contributed by atoms with van der Waals surface area (Å²) in [6.07, 6.45) is -4.34. The van der Waals surface area contributed by atoms with Gasteiger partial charge in [0.1, 0.15) is 0 Å². The zero-order valence-electron chi connectivity index (χ0n) is 13.6. The number of amides is 1. The predicted molar refractivity (Wildman–Crippen MR) is 96.5 cm³/mol. The van der Waals surface area contributed by atoms with E-state index in [2.05, 4.69) is 4.99 Å². The Morgan fingerprint density at radius 3 is 2.38 bits per heavy atom. The Labute approximate surface area is 157 Å². The van der Waals surface area contributed by atoms with Crippen LogP contribution in [0.4, 0.5) is 13.2 Å². The molecule has 0 radical (unpaired) electrons. The van der Waals surface area contributed by atoms with Crippen molar-refractivity contribution in [3.05, 3.63) is 58.1 Å². The summed E-state index contributed by atoms with van der Waals surface area (Å²) >= 11 is 6.93. The third kappa shape index (κ3) is 4.70. The maximum atomic E-state index is 13.6. The number of hydrogen-bond acceptors (Lipinski definition) is 2. The lowest BCUT2D eigenvalue weighted by Gasteiger charge is -2.16. The second kappa shape index (κ2) is 8.01. The topological polar surface area (TPSA) is 81.5 Å². The summed E-state index contributed by atoms with van der Waals surface area (Å²) in [5, 5.41) is 0.337. The number of aliphatic imine (C=N–C) groups is 1. The standard InChI is InChI=1S/C17H15ClF3N3OS/c1-2-9-7-14(26-13-6-4-3-5-12(13)18)11(17(19,20)21)8-10(9)15(25)24-16(22)23/h3-8H,2H2,1H3,(H4,22,23,24,25). The van der Waals surface area contributed by atoms with Gasteiger partial charge in [0.15, 0.2) is 5.96 Å². The monoisotopic (exact) mass is 401 g/mol. The zero-order valence-corrected chi connectivity index (χ0v) is 15.2. The Kier molecular flexibility index (Phi) is 6.20. The molecule has 26 heavy (non-hydrogen) atoms. The molecule has 2 rings (SSSR count). The van der Waals surface area contributed by atoms with Crippen molar-refractivity contribution in [2.75, 3.05) is 0 Å². The van der Waals surface area contributed by atoms with Crippen LogP contribution in [-0.4, -0.2) is 11.9 Å². The van der Waals surface area contributed by atoms with Crippen LogP contribution in [0.3, 0.4) is 0 Å². The average Bonchev–Trinajstić information content (AvgIpc) is 2.54. The molecule has 4 N–H and O–H groups in total. The Bertz CT molecular complexity index is 865. The van der Waals surface area contributed by atoms with Crippen molar-refractivity contribution >= 4 is 35.2 Å². The highest BCUT2D eigenvalue weighted by Crippen LogP contribution is 2.42. The molecule has 1 amide bonds. The van der Waals surface area contributed by atoms with Gasteiger partial charge in [-0.2, -0.15) is 18.2 Å². The number of halogens is 4. The molecule has 0 aliphatic rings. The molecule has 0 aliphatic heterocycles. The van der Waals surface area contributed by atoms with Crippen molar-refractivity contribution in [3.63, 3.8) is 0 Å². The van der Waals surface area contributed by atoms with Crippen LogP contribution in [0, 0.1) is 0 Å². The van der Waals surface area contributed by atoms with Gasteiger partial charge in [0.2, 0.25) is 0 Å². The molecular weight excluding hydrogens is 387 g/mol. The molecule has 0 atom stereocenters. The number of aryl methyl sites for hydroxylation is 1. The van der Waals surface area contributed by atoms with Crippen LogP contribution in [0.15, 0.2) is 51.2 Å². The van der Waals surface area contributed by atoms with E-state index in [1.807, 2.05) is 0 Å². The lowest BCUT2D eigenvalue weighted by molar-refractivity contribution is -0.139. The lowest BCUT2D eigenvalue weighted by Crippen LogP contribution is -2.24. The van der Waals surface area contributed by atoms with Crippen LogP contribution >= 0.6 is 23.4 Å². The minimum absolute atomic E-state index is 0.0521. The quantitative estimate of drug-likeness (QED) is 0.584. The van der Waals surface area contributed by atoms with Gasteiger partial charge >= 0.3 is 6.18 Å². The van der Waals surface area contributed by atoms with Crippen molar-refractivity contribution in [3.8, 4) is 0 Å². The third-order valence-electron chi connectivity index (χ3n) is 3.41. The van der Waals surface area contributed by atoms with Crippen LogP contribution < -0.4 is 11.5 Å². The first-order valence-electron chi connectivity index (χ1n) is 7.44. The molecule has 4 nitrogen and oxygen atoms in total. The number of alkyl halides is 3. The van der Waals surface area contributed by atoms with E-state index in [-0.39, 0.29) is 10.5 Å². The van der Waals surface area contributed by atoms with Crippen LogP contribution in [-0.2, 0) is 12.6 Å². The van der Waals surface area contributed by atoms with Crippen molar-refractivity contribution < 1.29 is 18.0 Å². The molecule has 0 saturated carbocycles. The number of rotatable bonds is 4. The smallest absolute Gasteiger partial charge is 0.370 e. The van der Waals surface area contributed by atoms with Crippen LogP contribution in [0.2, 0.25) is 5.02 Å². The molecule has 2 aromatic carbocycles. The van der Waals surface area contributed by atoms with Crippen LogP contribution in [0.5, 0.6) is 0 Å². The van der Waals surface area contributed by atoms with E-state index in [9.17, 15) is 18.0 Å².